The highest BCUT2D eigenvalue weighted by molar-refractivity contribution is 7.92. The highest BCUT2D eigenvalue weighted by Gasteiger charge is 2.27. The molecule has 3 rings (SSSR count). The van der Waals surface area contributed by atoms with E-state index in [0.29, 0.717) is 41.5 Å². The first kappa shape index (κ1) is 21.8. The second kappa shape index (κ2) is 9.25. The topological polar surface area (TPSA) is 97.0 Å². The Hall–Kier alpha value is -2.94. The summed E-state index contributed by atoms with van der Waals surface area (Å²) < 4.78 is 37.0. The summed E-state index contributed by atoms with van der Waals surface area (Å²) >= 11 is 0. The largest absolute Gasteiger partial charge is 0.497 e. The molecule has 9 heteroatoms. The summed E-state index contributed by atoms with van der Waals surface area (Å²) in [5.74, 6) is 1.22. The molecule has 0 unspecified atom stereocenters. The van der Waals surface area contributed by atoms with Crippen LogP contribution in [0.5, 0.6) is 11.5 Å². The minimum absolute atomic E-state index is 0.124. The van der Waals surface area contributed by atoms with Gasteiger partial charge in [0.2, 0.25) is 10.0 Å². The Morgan fingerprint density at radius 3 is 2.60 bits per heavy atom. The number of carbonyl (C=O) groups is 1. The van der Waals surface area contributed by atoms with E-state index in [1.165, 1.54) is 11.4 Å². The number of urea groups is 1. The number of nitrogens with zero attached hydrogens (tertiary/aromatic N) is 1. The van der Waals surface area contributed by atoms with Gasteiger partial charge in [-0.15, -0.1) is 0 Å². The van der Waals surface area contributed by atoms with Crippen molar-refractivity contribution in [3.05, 3.63) is 42.0 Å². The van der Waals surface area contributed by atoms with E-state index in [-0.39, 0.29) is 5.75 Å². The molecule has 0 bridgehead atoms. The fourth-order valence-corrected chi connectivity index (χ4v) is 5.11. The number of fused-ring (bicyclic) bond motifs is 1. The Morgan fingerprint density at radius 2 is 1.90 bits per heavy atom. The molecule has 2 amide bonds. The van der Waals surface area contributed by atoms with Crippen LogP contribution in [0, 0.1) is 0 Å². The van der Waals surface area contributed by atoms with E-state index in [4.69, 9.17) is 9.47 Å². The van der Waals surface area contributed by atoms with Crippen LogP contribution in [-0.2, 0) is 16.4 Å². The molecule has 1 aliphatic heterocycles. The van der Waals surface area contributed by atoms with Gasteiger partial charge in [-0.3, -0.25) is 4.31 Å². The summed E-state index contributed by atoms with van der Waals surface area (Å²) in [5.41, 5.74) is 2.69. The fraction of sp³-hybridized carbons (Fsp3) is 0.381. The van der Waals surface area contributed by atoms with Gasteiger partial charge in [0, 0.05) is 18.3 Å². The summed E-state index contributed by atoms with van der Waals surface area (Å²) in [6, 6.07) is 9.97. The third-order valence-corrected chi connectivity index (χ3v) is 6.84. The third kappa shape index (κ3) is 4.79. The predicted molar refractivity (Wildman–Crippen MR) is 118 cm³/mol. The zero-order valence-corrected chi connectivity index (χ0v) is 18.2. The molecule has 0 saturated heterocycles. The lowest BCUT2D eigenvalue weighted by Crippen LogP contribution is -2.37. The van der Waals surface area contributed by atoms with Crippen molar-refractivity contribution < 1.29 is 22.7 Å². The number of anilines is 3. The molecule has 0 aliphatic carbocycles. The molecule has 0 spiro atoms. The van der Waals surface area contributed by atoms with Crippen molar-refractivity contribution in [3.8, 4) is 11.5 Å². The highest BCUT2D eigenvalue weighted by atomic mass is 32.2. The Bertz CT molecular complexity index is 1020. The first-order chi connectivity index (χ1) is 14.4. The molecule has 0 atom stereocenters. The van der Waals surface area contributed by atoms with Crippen LogP contribution in [-0.4, -0.2) is 41.0 Å². The molecule has 0 aromatic heterocycles. The number of aryl methyl sites for hydroxylation is 1. The summed E-state index contributed by atoms with van der Waals surface area (Å²) in [5, 5.41) is 5.55. The maximum atomic E-state index is 12.5. The van der Waals surface area contributed by atoms with Gasteiger partial charge < -0.3 is 20.1 Å². The Labute approximate surface area is 177 Å². The van der Waals surface area contributed by atoms with Crippen LogP contribution in [0.15, 0.2) is 36.4 Å². The van der Waals surface area contributed by atoms with Crippen molar-refractivity contribution in [1.82, 2.24) is 0 Å². The summed E-state index contributed by atoms with van der Waals surface area (Å²) in [7, 11) is -0.259. The molecule has 8 nitrogen and oxygen atoms in total. The number of sulfonamides is 1. The molecule has 1 aliphatic rings. The van der Waals surface area contributed by atoms with Crippen molar-refractivity contribution in [2.24, 2.45) is 0 Å². The van der Waals surface area contributed by atoms with Gasteiger partial charge in [-0.1, -0.05) is 6.92 Å². The molecule has 30 heavy (non-hydrogen) atoms. The minimum atomic E-state index is -3.33. The summed E-state index contributed by atoms with van der Waals surface area (Å²) in [6.45, 7) is 2.34. The zero-order chi connectivity index (χ0) is 21.7. The van der Waals surface area contributed by atoms with Crippen LogP contribution < -0.4 is 24.4 Å². The summed E-state index contributed by atoms with van der Waals surface area (Å²) in [4.78, 5) is 12.5. The highest BCUT2D eigenvalue weighted by Crippen LogP contribution is 2.32. The lowest BCUT2D eigenvalue weighted by atomic mass is 10.0. The number of rotatable bonds is 7. The van der Waals surface area contributed by atoms with Gasteiger partial charge in [0.15, 0.2) is 0 Å². The van der Waals surface area contributed by atoms with Crippen LogP contribution in [0.2, 0.25) is 0 Å². The Balaban J connectivity index is 1.75. The van der Waals surface area contributed by atoms with E-state index in [2.05, 4.69) is 10.6 Å². The first-order valence-electron chi connectivity index (χ1n) is 9.81. The maximum absolute atomic E-state index is 12.5. The average molecular weight is 434 g/mol. The lowest BCUT2D eigenvalue weighted by Gasteiger charge is -2.30. The van der Waals surface area contributed by atoms with Gasteiger partial charge in [0.25, 0.3) is 0 Å². The van der Waals surface area contributed by atoms with Crippen molar-refractivity contribution in [2.45, 2.75) is 26.2 Å². The third-order valence-electron chi connectivity index (χ3n) is 4.87. The quantitative estimate of drug-likeness (QED) is 0.692. The second-order valence-corrected chi connectivity index (χ2v) is 8.99. The minimum Gasteiger partial charge on any atom is -0.497 e. The van der Waals surface area contributed by atoms with E-state index in [9.17, 15) is 13.2 Å². The summed E-state index contributed by atoms with van der Waals surface area (Å²) in [6.07, 6.45) is 2.08. The van der Waals surface area contributed by atoms with Crippen LogP contribution in [0.25, 0.3) is 0 Å². The number of nitrogens with one attached hydrogen (secondary N) is 2. The van der Waals surface area contributed by atoms with Crippen LogP contribution in [0.1, 0.15) is 25.3 Å². The maximum Gasteiger partial charge on any atom is 0.323 e. The van der Waals surface area contributed by atoms with Gasteiger partial charge in [-0.05, 0) is 55.2 Å². The zero-order valence-electron chi connectivity index (χ0n) is 17.4. The van der Waals surface area contributed by atoms with Gasteiger partial charge >= 0.3 is 6.03 Å². The first-order valence-corrected chi connectivity index (χ1v) is 11.4. The average Bonchev–Trinajstić information content (AvgIpc) is 2.73. The normalized spacial score (nSPS) is 13.4. The van der Waals surface area contributed by atoms with Crippen molar-refractivity contribution >= 4 is 33.1 Å². The molecule has 0 saturated carbocycles. The van der Waals surface area contributed by atoms with E-state index >= 15 is 0 Å². The smallest absolute Gasteiger partial charge is 0.323 e. The number of amides is 2. The number of methoxy groups -OCH3 is 2. The van der Waals surface area contributed by atoms with Crippen LogP contribution >= 0.6 is 0 Å². The Morgan fingerprint density at radius 1 is 1.10 bits per heavy atom. The van der Waals surface area contributed by atoms with Crippen molar-refractivity contribution in [2.75, 3.05) is 41.5 Å². The molecular weight excluding hydrogens is 406 g/mol. The van der Waals surface area contributed by atoms with E-state index in [1.54, 1.807) is 37.4 Å². The monoisotopic (exact) mass is 433 g/mol. The molecule has 2 N–H and O–H groups in total. The van der Waals surface area contributed by atoms with Crippen molar-refractivity contribution in [1.29, 1.82) is 0 Å². The standard InChI is InChI=1S/C21H27N3O5S/c1-4-12-30(26,27)24-11-5-6-15-13-16(7-10-19(15)24)22-21(25)23-18-9-8-17(28-2)14-20(18)29-3/h7-10,13-14H,4-6,11-12H2,1-3H3,(H2,22,23,25). The Kier molecular flexibility index (Phi) is 6.71. The predicted octanol–water partition coefficient (Wildman–Crippen LogP) is 3.84. The number of benzene rings is 2. The number of hydrogen-bond acceptors (Lipinski definition) is 5. The van der Waals surface area contributed by atoms with E-state index in [0.717, 1.165) is 18.4 Å². The SMILES string of the molecule is CCCS(=O)(=O)N1CCCc2cc(NC(=O)Nc3ccc(OC)cc3OC)ccc21. The molecular formula is C21H27N3O5S. The second-order valence-electron chi connectivity index (χ2n) is 6.98. The molecule has 1 heterocycles. The van der Waals surface area contributed by atoms with Crippen LogP contribution in [0.4, 0.5) is 21.9 Å². The molecule has 2 aromatic rings. The molecule has 2 aromatic carbocycles. The van der Waals surface area contributed by atoms with Crippen molar-refractivity contribution in [3.63, 3.8) is 0 Å². The molecule has 0 radical (unpaired) electrons. The molecule has 0 fully saturated rings. The number of hydrogen-bond donors (Lipinski definition) is 2. The van der Waals surface area contributed by atoms with Crippen LogP contribution in [0.3, 0.4) is 0 Å². The number of ether oxygens (including phenoxy) is 2. The molecule has 162 valence electrons. The fourth-order valence-electron chi connectivity index (χ4n) is 3.48. The lowest BCUT2D eigenvalue weighted by molar-refractivity contribution is 0.262. The van der Waals surface area contributed by atoms with E-state index < -0.39 is 16.1 Å². The van der Waals surface area contributed by atoms with Gasteiger partial charge in [-0.2, -0.15) is 0 Å². The van der Waals surface area contributed by atoms with E-state index in [1.807, 2.05) is 13.0 Å². The van der Waals surface area contributed by atoms with Gasteiger partial charge in [-0.25, -0.2) is 13.2 Å². The van der Waals surface area contributed by atoms with Gasteiger partial charge in [0.05, 0.1) is 31.3 Å². The number of carbonyl (C=O) groups excluding carboxylic acids is 1. The van der Waals surface area contributed by atoms with Gasteiger partial charge in [0.1, 0.15) is 11.5 Å².